The molecule has 6 nitrogen and oxygen atoms in total. The van der Waals surface area contributed by atoms with Gasteiger partial charge in [0.15, 0.2) is 0 Å². The number of hydrogen-bond acceptors (Lipinski definition) is 6. The minimum atomic E-state index is -2.57. The fourth-order valence-corrected chi connectivity index (χ4v) is 4.15. The first-order valence-corrected chi connectivity index (χ1v) is 10.1. The Bertz CT molecular complexity index is 831. The molecule has 0 spiro atoms. The van der Waals surface area contributed by atoms with Crippen LogP contribution >= 0.6 is 11.1 Å². The van der Waals surface area contributed by atoms with Gasteiger partial charge in [0.2, 0.25) is 0 Å². The first-order valence-electron chi connectivity index (χ1n) is 8.67. The summed E-state index contributed by atoms with van der Waals surface area (Å²) in [4.78, 5) is 11.6. The molecular weight excluding hydrogens is 386 g/mol. The minimum Gasteiger partial charge on any atom is -0.497 e. The van der Waals surface area contributed by atoms with Gasteiger partial charge in [0.05, 0.1) is 30.1 Å². The quantitative estimate of drug-likeness (QED) is 0.158. The molecule has 9 heteroatoms. The molecule has 4 N–H and O–H groups in total. The Morgan fingerprint density at radius 1 is 1.29 bits per heavy atom. The van der Waals surface area contributed by atoms with Crippen LogP contribution in [0.5, 0.6) is 5.75 Å². The zero-order valence-corrected chi connectivity index (χ0v) is 16.6. The standard InChI is InChI=1S/C19H24F2N4O2S/c1-3-13-6-9-15(22)18(24-10-16(20)21)17(13)19(23)28(25-26)11-12-4-7-14(27-2)8-5-12/h4-9,16,23-24,28H,3,10-11,22H2,1-2H3. The van der Waals surface area contributed by atoms with E-state index in [1.54, 1.807) is 31.4 Å². The molecular formula is C19H24F2N4O2S. The van der Waals surface area contributed by atoms with E-state index in [0.717, 1.165) is 11.1 Å². The molecule has 0 heterocycles. The second kappa shape index (κ2) is 10.0. The van der Waals surface area contributed by atoms with Crippen LogP contribution in [0.25, 0.3) is 0 Å². The molecule has 2 rings (SSSR count). The zero-order chi connectivity index (χ0) is 20.7. The Morgan fingerprint density at radius 2 is 1.96 bits per heavy atom. The van der Waals surface area contributed by atoms with Gasteiger partial charge in [-0.15, -0.1) is 4.91 Å². The number of anilines is 2. The summed E-state index contributed by atoms with van der Waals surface area (Å²) in [6, 6.07) is 10.5. The third-order valence-electron chi connectivity index (χ3n) is 4.22. The molecule has 152 valence electrons. The van der Waals surface area contributed by atoms with Crippen LogP contribution in [0, 0.1) is 10.3 Å². The van der Waals surface area contributed by atoms with Gasteiger partial charge in [-0.05, 0) is 40.3 Å². The Hall–Kier alpha value is -2.68. The van der Waals surface area contributed by atoms with Crippen molar-refractivity contribution < 1.29 is 13.5 Å². The number of nitrogens with two attached hydrogens (primary N) is 1. The first kappa shape index (κ1) is 21.6. The average molecular weight is 410 g/mol. The molecule has 2 aromatic carbocycles. The highest BCUT2D eigenvalue weighted by Gasteiger charge is 2.22. The van der Waals surface area contributed by atoms with Crippen LogP contribution < -0.4 is 15.8 Å². The van der Waals surface area contributed by atoms with Gasteiger partial charge >= 0.3 is 0 Å². The number of methoxy groups -OCH3 is 1. The van der Waals surface area contributed by atoms with E-state index in [4.69, 9.17) is 15.9 Å². The maximum absolute atomic E-state index is 12.7. The summed E-state index contributed by atoms with van der Waals surface area (Å²) >= 11 is -1.73. The first-order chi connectivity index (χ1) is 13.4. The monoisotopic (exact) mass is 410 g/mol. The summed E-state index contributed by atoms with van der Waals surface area (Å²) in [5.41, 5.74) is 8.46. The predicted molar refractivity (Wildman–Crippen MR) is 113 cm³/mol. The lowest BCUT2D eigenvalue weighted by Crippen LogP contribution is -2.16. The van der Waals surface area contributed by atoms with Crippen molar-refractivity contribution in [1.82, 2.24) is 0 Å². The topological polar surface area (TPSA) is 101 Å². The summed E-state index contributed by atoms with van der Waals surface area (Å²) in [6.45, 7) is 1.29. The fourth-order valence-electron chi connectivity index (χ4n) is 2.78. The Morgan fingerprint density at radius 3 is 2.50 bits per heavy atom. The summed E-state index contributed by atoms with van der Waals surface area (Å²) in [5, 5.41) is 11.3. The molecule has 0 aliphatic heterocycles. The molecule has 1 atom stereocenters. The van der Waals surface area contributed by atoms with E-state index in [1.807, 2.05) is 19.1 Å². The third kappa shape index (κ3) is 5.19. The van der Waals surface area contributed by atoms with E-state index in [9.17, 15) is 13.7 Å². The molecule has 1 unspecified atom stereocenters. The van der Waals surface area contributed by atoms with Gasteiger partial charge in [0, 0.05) is 11.3 Å². The molecule has 0 aliphatic rings. The lowest BCUT2D eigenvalue weighted by atomic mass is 10.0. The smallest absolute Gasteiger partial charge is 0.255 e. The molecule has 0 aliphatic carbocycles. The number of nitroso groups, excluding NO2 is 1. The largest absolute Gasteiger partial charge is 0.497 e. The van der Waals surface area contributed by atoms with Gasteiger partial charge in [-0.2, -0.15) is 0 Å². The minimum absolute atomic E-state index is 0.0155. The van der Waals surface area contributed by atoms with Gasteiger partial charge in [0.25, 0.3) is 6.43 Å². The number of nitrogens with zero attached hydrogens (tertiary/aromatic N) is 1. The highest BCUT2D eigenvalue weighted by atomic mass is 32.2. The maximum atomic E-state index is 12.7. The second-order valence-corrected chi connectivity index (χ2v) is 7.75. The fraction of sp³-hybridized carbons (Fsp3) is 0.316. The Kier molecular flexibility index (Phi) is 7.74. The number of alkyl halides is 2. The zero-order valence-electron chi connectivity index (χ0n) is 15.7. The van der Waals surface area contributed by atoms with Crippen LogP contribution in [0.4, 0.5) is 20.2 Å². The van der Waals surface area contributed by atoms with Crippen LogP contribution in [0.15, 0.2) is 41.0 Å². The van der Waals surface area contributed by atoms with E-state index in [2.05, 4.69) is 9.90 Å². The van der Waals surface area contributed by atoms with Crippen molar-refractivity contribution in [2.24, 2.45) is 4.58 Å². The van der Waals surface area contributed by atoms with E-state index < -0.39 is 24.1 Å². The van der Waals surface area contributed by atoms with Crippen LogP contribution in [0.3, 0.4) is 0 Å². The maximum Gasteiger partial charge on any atom is 0.255 e. The molecule has 0 fully saturated rings. The Balaban J connectivity index is 2.37. The van der Waals surface area contributed by atoms with Crippen LogP contribution in [-0.4, -0.2) is 25.1 Å². The van der Waals surface area contributed by atoms with Crippen LogP contribution in [0.1, 0.15) is 23.6 Å². The third-order valence-corrected chi connectivity index (χ3v) is 5.82. The normalized spacial score (nSPS) is 12.5. The highest BCUT2D eigenvalue weighted by Crippen LogP contribution is 2.40. The van der Waals surface area contributed by atoms with Crippen LogP contribution in [-0.2, 0) is 12.2 Å². The van der Waals surface area contributed by atoms with Crippen molar-refractivity contribution >= 4 is 27.5 Å². The second-order valence-electron chi connectivity index (χ2n) is 6.03. The van der Waals surface area contributed by atoms with Crippen molar-refractivity contribution in [1.29, 1.82) is 5.41 Å². The van der Waals surface area contributed by atoms with Crippen molar-refractivity contribution in [2.75, 3.05) is 24.7 Å². The Labute approximate surface area is 165 Å². The predicted octanol–water partition coefficient (Wildman–Crippen LogP) is 4.72. The molecule has 0 bridgehead atoms. The SMILES string of the molecule is CCc1ccc(N)c(NCC(F)F)c1C(=N)[SH](Cc1ccc(OC)cc1)N=O. The molecule has 0 saturated carbocycles. The van der Waals surface area contributed by atoms with Crippen molar-refractivity contribution in [3.63, 3.8) is 0 Å². The number of rotatable bonds is 9. The van der Waals surface area contributed by atoms with Gasteiger partial charge in [0.1, 0.15) is 5.75 Å². The summed E-state index contributed by atoms with van der Waals surface area (Å²) in [5.74, 6) is 0.957. The van der Waals surface area contributed by atoms with E-state index in [-0.39, 0.29) is 22.2 Å². The van der Waals surface area contributed by atoms with E-state index in [1.165, 1.54) is 0 Å². The molecule has 0 saturated heterocycles. The lowest BCUT2D eigenvalue weighted by Gasteiger charge is -2.22. The summed E-state index contributed by atoms with van der Waals surface area (Å²) < 4.78 is 33.7. The number of nitrogens with one attached hydrogen (secondary N) is 2. The van der Waals surface area contributed by atoms with Gasteiger partial charge in [-0.3, -0.25) is 5.41 Å². The number of hydrogen-bond donors (Lipinski definition) is 4. The van der Waals surface area contributed by atoms with Crippen LogP contribution in [0.2, 0.25) is 0 Å². The summed E-state index contributed by atoms with van der Waals surface area (Å²) in [6.07, 6.45) is -2.01. The van der Waals surface area contributed by atoms with Crippen molar-refractivity contribution in [3.8, 4) is 5.75 Å². The van der Waals surface area contributed by atoms with Gasteiger partial charge in [-0.1, -0.05) is 36.2 Å². The number of aryl methyl sites for hydroxylation is 1. The molecule has 2 aromatic rings. The number of ether oxygens (including phenoxy) is 1. The molecule has 0 amide bonds. The number of nitrogen functional groups attached to an aromatic ring is 1. The van der Waals surface area contributed by atoms with Crippen molar-refractivity contribution in [2.45, 2.75) is 25.5 Å². The number of benzene rings is 2. The number of halogens is 2. The van der Waals surface area contributed by atoms with Crippen molar-refractivity contribution in [3.05, 3.63) is 58.0 Å². The number of thiol groups is 1. The van der Waals surface area contributed by atoms with Gasteiger partial charge < -0.3 is 15.8 Å². The van der Waals surface area contributed by atoms with E-state index in [0.29, 0.717) is 17.7 Å². The average Bonchev–Trinajstić information content (AvgIpc) is 2.70. The molecule has 28 heavy (non-hydrogen) atoms. The van der Waals surface area contributed by atoms with Gasteiger partial charge in [-0.25, -0.2) is 8.78 Å². The molecule has 0 radical (unpaired) electrons. The summed E-state index contributed by atoms with van der Waals surface area (Å²) in [7, 11) is 1.56. The molecule has 0 aromatic heterocycles. The lowest BCUT2D eigenvalue weighted by molar-refractivity contribution is 0.163. The highest BCUT2D eigenvalue weighted by molar-refractivity contribution is 8.28. The van der Waals surface area contributed by atoms with E-state index >= 15 is 0 Å².